The van der Waals surface area contributed by atoms with Crippen LogP contribution in [0.5, 0.6) is 0 Å². The molecule has 1 aromatic heterocycles. The first-order valence-corrected chi connectivity index (χ1v) is 6.53. The van der Waals surface area contributed by atoms with Gasteiger partial charge in [0, 0.05) is 13.6 Å². The number of furan rings is 1. The van der Waals surface area contributed by atoms with Crippen LogP contribution in [0.15, 0.2) is 21.2 Å². The van der Waals surface area contributed by atoms with Crippen molar-refractivity contribution in [2.24, 2.45) is 0 Å². The molecule has 17 heavy (non-hydrogen) atoms. The first-order valence-electron chi connectivity index (χ1n) is 5.73. The summed E-state index contributed by atoms with van der Waals surface area (Å²) in [7, 11) is 1.69. The Morgan fingerprint density at radius 1 is 1.53 bits per heavy atom. The predicted molar refractivity (Wildman–Crippen MR) is 66.8 cm³/mol. The maximum Gasteiger partial charge on any atom is 0.289 e. The Balaban J connectivity index is 2.00. The summed E-state index contributed by atoms with van der Waals surface area (Å²) in [6.45, 7) is 0.365. The largest absolute Gasteiger partial charge is 0.444 e. The zero-order valence-corrected chi connectivity index (χ0v) is 11.4. The van der Waals surface area contributed by atoms with Crippen LogP contribution in [0.4, 0.5) is 0 Å². The van der Waals surface area contributed by atoms with E-state index in [9.17, 15) is 9.90 Å². The summed E-state index contributed by atoms with van der Waals surface area (Å²) in [5, 5.41) is 10.2. The van der Waals surface area contributed by atoms with Gasteiger partial charge in [-0.25, -0.2) is 0 Å². The first-order chi connectivity index (χ1) is 8.00. The van der Waals surface area contributed by atoms with Gasteiger partial charge in [0.15, 0.2) is 10.4 Å². The Morgan fingerprint density at radius 2 is 2.18 bits per heavy atom. The Bertz CT molecular complexity index is 410. The number of amides is 1. The van der Waals surface area contributed by atoms with E-state index < -0.39 is 5.60 Å². The summed E-state index contributed by atoms with van der Waals surface area (Å²) >= 11 is 3.16. The molecule has 1 fully saturated rings. The van der Waals surface area contributed by atoms with Crippen molar-refractivity contribution in [2.45, 2.75) is 31.3 Å². The molecule has 1 aromatic rings. The van der Waals surface area contributed by atoms with Crippen LogP contribution in [-0.4, -0.2) is 35.1 Å². The number of rotatable bonds is 3. The number of halogens is 1. The Kier molecular flexibility index (Phi) is 3.58. The van der Waals surface area contributed by atoms with Gasteiger partial charge in [-0.3, -0.25) is 4.79 Å². The molecule has 1 heterocycles. The third-order valence-electron chi connectivity index (χ3n) is 3.20. The monoisotopic (exact) mass is 301 g/mol. The zero-order valence-electron chi connectivity index (χ0n) is 9.78. The highest BCUT2D eigenvalue weighted by atomic mass is 79.9. The second kappa shape index (κ2) is 4.82. The summed E-state index contributed by atoms with van der Waals surface area (Å²) < 4.78 is 5.74. The molecule has 1 amide bonds. The molecule has 0 aromatic carbocycles. The highest BCUT2D eigenvalue weighted by Crippen LogP contribution is 2.30. The van der Waals surface area contributed by atoms with Gasteiger partial charge < -0.3 is 14.4 Å². The zero-order chi connectivity index (χ0) is 12.5. The van der Waals surface area contributed by atoms with E-state index >= 15 is 0 Å². The summed E-state index contributed by atoms with van der Waals surface area (Å²) in [4.78, 5) is 13.5. The molecule has 5 heteroatoms. The number of likely N-dealkylation sites (N-methyl/N-ethyl adjacent to an activating group) is 1. The highest BCUT2D eigenvalue weighted by Gasteiger charge is 2.34. The maximum absolute atomic E-state index is 12.0. The summed E-state index contributed by atoms with van der Waals surface area (Å²) in [6, 6.07) is 3.31. The number of carbonyl (C=O) groups excluding carboxylic acids is 1. The molecule has 0 bridgehead atoms. The topological polar surface area (TPSA) is 53.7 Å². The fourth-order valence-electron chi connectivity index (χ4n) is 2.32. The van der Waals surface area contributed by atoms with Gasteiger partial charge >= 0.3 is 0 Å². The van der Waals surface area contributed by atoms with Crippen molar-refractivity contribution < 1.29 is 14.3 Å². The van der Waals surface area contributed by atoms with E-state index in [2.05, 4.69) is 15.9 Å². The molecule has 1 saturated carbocycles. The van der Waals surface area contributed by atoms with E-state index in [1.807, 2.05) is 0 Å². The van der Waals surface area contributed by atoms with Crippen LogP contribution in [0, 0.1) is 0 Å². The lowest BCUT2D eigenvalue weighted by Gasteiger charge is -2.28. The van der Waals surface area contributed by atoms with Gasteiger partial charge in [0.25, 0.3) is 5.91 Å². The minimum atomic E-state index is -0.714. The Labute approximate surface area is 109 Å². The second-order valence-electron chi connectivity index (χ2n) is 4.70. The van der Waals surface area contributed by atoms with Crippen LogP contribution in [-0.2, 0) is 0 Å². The van der Waals surface area contributed by atoms with Gasteiger partial charge in [-0.05, 0) is 40.9 Å². The van der Waals surface area contributed by atoms with Crippen molar-refractivity contribution in [1.29, 1.82) is 0 Å². The molecule has 4 nitrogen and oxygen atoms in total. The van der Waals surface area contributed by atoms with Crippen LogP contribution in [0.1, 0.15) is 36.2 Å². The molecule has 0 saturated heterocycles. The lowest BCUT2D eigenvalue weighted by Crippen LogP contribution is -2.41. The molecule has 94 valence electrons. The number of hydrogen-bond donors (Lipinski definition) is 1. The number of nitrogens with zero attached hydrogens (tertiary/aromatic N) is 1. The SMILES string of the molecule is CN(CC1(O)CCCC1)C(=O)c1ccc(Br)o1. The molecule has 0 aliphatic heterocycles. The summed E-state index contributed by atoms with van der Waals surface area (Å²) in [6.07, 6.45) is 3.61. The minimum Gasteiger partial charge on any atom is -0.444 e. The number of hydrogen-bond acceptors (Lipinski definition) is 3. The van der Waals surface area contributed by atoms with E-state index in [-0.39, 0.29) is 5.91 Å². The van der Waals surface area contributed by atoms with Gasteiger partial charge in [-0.2, -0.15) is 0 Å². The quantitative estimate of drug-likeness (QED) is 0.933. The van der Waals surface area contributed by atoms with E-state index in [0.717, 1.165) is 25.7 Å². The van der Waals surface area contributed by atoms with E-state index in [4.69, 9.17) is 4.42 Å². The van der Waals surface area contributed by atoms with Crippen molar-refractivity contribution in [3.8, 4) is 0 Å². The number of aliphatic hydroxyl groups is 1. The third kappa shape index (κ3) is 2.90. The Morgan fingerprint density at radius 3 is 2.71 bits per heavy atom. The lowest BCUT2D eigenvalue weighted by atomic mass is 10.0. The first kappa shape index (κ1) is 12.6. The van der Waals surface area contributed by atoms with Crippen molar-refractivity contribution in [2.75, 3.05) is 13.6 Å². The van der Waals surface area contributed by atoms with Crippen molar-refractivity contribution in [1.82, 2.24) is 4.90 Å². The lowest BCUT2D eigenvalue weighted by molar-refractivity contribution is 0.0146. The molecule has 2 rings (SSSR count). The third-order valence-corrected chi connectivity index (χ3v) is 3.62. The molecule has 1 N–H and O–H groups in total. The van der Waals surface area contributed by atoms with Crippen LogP contribution < -0.4 is 0 Å². The molecule has 1 aliphatic carbocycles. The molecule has 0 unspecified atom stereocenters. The van der Waals surface area contributed by atoms with Crippen molar-refractivity contribution >= 4 is 21.8 Å². The summed E-state index contributed by atoms with van der Waals surface area (Å²) in [5.74, 6) is 0.0944. The van der Waals surface area contributed by atoms with Gasteiger partial charge in [0.2, 0.25) is 0 Å². The average molecular weight is 302 g/mol. The van der Waals surface area contributed by atoms with Crippen molar-refractivity contribution in [3.05, 3.63) is 22.6 Å². The predicted octanol–water partition coefficient (Wildman–Crippen LogP) is 2.42. The molecule has 1 aliphatic rings. The molecule has 0 spiro atoms. The smallest absolute Gasteiger partial charge is 0.289 e. The fraction of sp³-hybridized carbons (Fsp3) is 0.583. The maximum atomic E-state index is 12.0. The van der Waals surface area contributed by atoms with Gasteiger partial charge in [0.05, 0.1) is 5.60 Å². The van der Waals surface area contributed by atoms with Crippen LogP contribution in [0.2, 0.25) is 0 Å². The molecule has 0 atom stereocenters. The van der Waals surface area contributed by atoms with Crippen LogP contribution in [0.3, 0.4) is 0 Å². The standard InChI is InChI=1S/C12H16BrNO3/c1-14(8-12(16)6-2-3-7-12)11(15)9-4-5-10(13)17-9/h4-5,16H,2-3,6-8H2,1H3. The minimum absolute atomic E-state index is 0.198. The fourth-order valence-corrected chi connectivity index (χ4v) is 2.63. The number of carbonyl (C=O) groups is 1. The highest BCUT2D eigenvalue weighted by molar-refractivity contribution is 9.10. The van der Waals surface area contributed by atoms with Gasteiger partial charge in [0.1, 0.15) is 0 Å². The van der Waals surface area contributed by atoms with Gasteiger partial charge in [-0.15, -0.1) is 0 Å². The molecular formula is C12H16BrNO3. The van der Waals surface area contributed by atoms with Crippen LogP contribution in [0.25, 0.3) is 0 Å². The van der Waals surface area contributed by atoms with E-state index in [1.54, 1.807) is 19.2 Å². The normalized spacial score (nSPS) is 18.3. The van der Waals surface area contributed by atoms with E-state index in [1.165, 1.54) is 4.90 Å². The molecule has 0 radical (unpaired) electrons. The van der Waals surface area contributed by atoms with Crippen LogP contribution >= 0.6 is 15.9 Å². The summed E-state index contributed by atoms with van der Waals surface area (Å²) in [5.41, 5.74) is -0.714. The average Bonchev–Trinajstić information content (AvgIpc) is 2.86. The van der Waals surface area contributed by atoms with Crippen molar-refractivity contribution in [3.63, 3.8) is 0 Å². The van der Waals surface area contributed by atoms with Gasteiger partial charge in [-0.1, -0.05) is 12.8 Å². The molecular weight excluding hydrogens is 286 g/mol. The van der Waals surface area contributed by atoms with E-state index in [0.29, 0.717) is 17.0 Å². The second-order valence-corrected chi connectivity index (χ2v) is 5.48. The Hall–Kier alpha value is -0.810.